The summed E-state index contributed by atoms with van der Waals surface area (Å²) < 4.78 is 36.6. The molecule has 7 heteroatoms. The summed E-state index contributed by atoms with van der Waals surface area (Å²) in [6.45, 7) is 3.83. The van der Waals surface area contributed by atoms with Crippen LogP contribution in [0.3, 0.4) is 0 Å². The summed E-state index contributed by atoms with van der Waals surface area (Å²) in [5.74, 6) is -1.60. The third-order valence-electron chi connectivity index (χ3n) is 3.63. The largest absolute Gasteiger partial charge is 0.386 e. The van der Waals surface area contributed by atoms with Crippen LogP contribution in [-0.4, -0.2) is 24.9 Å². The monoisotopic (exact) mass is 320 g/mol. The second-order valence-corrected chi connectivity index (χ2v) is 6.87. The maximum absolute atomic E-state index is 11.9. The topological polar surface area (TPSA) is 97.7 Å². The van der Waals surface area contributed by atoms with Gasteiger partial charge in [-0.25, -0.2) is 9.59 Å². The van der Waals surface area contributed by atoms with E-state index in [0.29, 0.717) is 10.8 Å². The zero-order valence-corrected chi connectivity index (χ0v) is 12.6. The number of carbonyl (C=O) groups is 2. The average molecular weight is 320 g/mol. The Hall–Kier alpha value is -2.25. The number of benzene rings is 2. The molecule has 2 aromatic carbocycles. The predicted molar refractivity (Wildman–Crippen MR) is 77.6 cm³/mol. The van der Waals surface area contributed by atoms with Crippen molar-refractivity contribution < 1.29 is 27.3 Å². The average Bonchev–Trinajstić information content (AvgIpc) is 2.42. The van der Waals surface area contributed by atoms with E-state index in [1.165, 1.54) is 6.07 Å². The lowest BCUT2D eigenvalue weighted by Gasteiger charge is -2.18. The predicted octanol–water partition coefficient (Wildman–Crippen LogP) is 2.52. The Morgan fingerprint density at radius 3 is 2.14 bits per heavy atom. The lowest BCUT2D eigenvalue weighted by molar-refractivity contribution is 0.0391. The first-order valence-electron chi connectivity index (χ1n) is 6.54. The lowest BCUT2D eigenvalue weighted by atomic mass is 9.91. The summed E-state index contributed by atoms with van der Waals surface area (Å²) in [6.07, 6.45) is 0. The zero-order valence-electron chi connectivity index (χ0n) is 11.8. The standard InChI is InChI=1S/C15H12O6S/c1-7(2)8-3-9-4-10(22(18,19)20)6-12-13(9)11(5-8)14(16)21-15(12)17/h3-7H,1-2H3,(H,18,19,20). The van der Waals surface area contributed by atoms with Crippen LogP contribution in [0.2, 0.25) is 0 Å². The molecule has 1 N–H and O–H groups in total. The van der Waals surface area contributed by atoms with Crippen molar-refractivity contribution in [3.05, 3.63) is 41.0 Å². The molecule has 0 bridgehead atoms. The molecule has 0 unspecified atom stereocenters. The van der Waals surface area contributed by atoms with Crippen LogP contribution in [-0.2, 0) is 14.9 Å². The minimum absolute atomic E-state index is 0.0463. The number of esters is 2. The normalized spacial score (nSPS) is 14.5. The van der Waals surface area contributed by atoms with Gasteiger partial charge in [0.1, 0.15) is 0 Å². The summed E-state index contributed by atoms with van der Waals surface area (Å²) >= 11 is 0. The van der Waals surface area contributed by atoms with Crippen molar-refractivity contribution in [3.8, 4) is 0 Å². The van der Waals surface area contributed by atoms with Gasteiger partial charge in [-0.15, -0.1) is 0 Å². The van der Waals surface area contributed by atoms with Crippen LogP contribution in [0.4, 0.5) is 0 Å². The van der Waals surface area contributed by atoms with E-state index in [1.54, 1.807) is 12.1 Å². The highest BCUT2D eigenvalue weighted by Gasteiger charge is 2.30. The number of ether oxygens (including phenoxy) is 1. The second-order valence-electron chi connectivity index (χ2n) is 5.44. The molecule has 0 saturated carbocycles. The first-order chi connectivity index (χ1) is 10.2. The van der Waals surface area contributed by atoms with Crippen LogP contribution in [0, 0.1) is 0 Å². The van der Waals surface area contributed by atoms with Crippen molar-refractivity contribution in [3.63, 3.8) is 0 Å². The highest BCUT2D eigenvalue weighted by atomic mass is 32.2. The highest BCUT2D eigenvalue weighted by Crippen LogP contribution is 2.34. The van der Waals surface area contributed by atoms with E-state index in [2.05, 4.69) is 4.74 Å². The summed E-state index contributed by atoms with van der Waals surface area (Å²) in [7, 11) is -4.48. The molecule has 0 radical (unpaired) electrons. The molecule has 0 saturated heterocycles. The second kappa shape index (κ2) is 4.62. The van der Waals surface area contributed by atoms with Gasteiger partial charge in [-0.05, 0) is 35.1 Å². The Kier molecular flexibility index (Phi) is 3.08. The van der Waals surface area contributed by atoms with E-state index < -0.39 is 27.0 Å². The number of rotatable bonds is 2. The first kappa shape index (κ1) is 14.7. The van der Waals surface area contributed by atoms with Crippen molar-refractivity contribution in [2.45, 2.75) is 24.7 Å². The number of carbonyl (C=O) groups excluding carboxylic acids is 2. The van der Waals surface area contributed by atoms with Gasteiger partial charge in [0.25, 0.3) is 10.1 Å². The highest BCUT2D eigenvalue weighted by molar-refractivity contribution is 7.85. The van der Waals surface area contributed by atoms with E-state index in [0.717, 1.165) is 11.6 Å². The van der Waals surface area contributed by atoms with E-state index in [-0.39, 0.29) is 17.0 Å². The van der Waals surface area contributed by atoms with Gasteiger partial charge in [0.2, 0.25) is 0 Å². The van der Waals surface area contributed by atoms with Crippen molar-refractivity contribution in [2.24, 2.45) is 0 Å². The molecule has 0 spiro atoms. The lowest BCUT2D eigenvalue weighted by Crippen LogP contribution is -2.20. The van der Waals surface area contributed by atoms with Crippen LogP contribution < -0.4 is 0 Å². The Morgan fingerprint density at radius 2 is 1.59 bits per heavy atom. The Bertz CT molecular complexity index is 940. The van der Waals surface area contributed by atoms with Crippen LogP contribution in [0.15, 0.2) is 29.2 Å². The molecular weight excluding hydrogens is 308 g/mol. The van der Waals surface area contributed by atoms with Gasteiger partial charge >= 0.3 is 11.9 Å². The van der Waals surface area contributed by atoms with Crippen LogP contribution in [0.1, 0.15) is 46.0 Å². The number of cyclic esters (lactones) is 2. The molecular formula is C15H12O6S. The third kappa shape index (κ3) is 2.18. The molecule has 0 fully saturated rings. The molecule has 0 amide bonds. The van der Waals surface area contributed by atoms with Gasteiger partial charge in [0.05, 0.1) is 16.0 Å². The minimum Gasteiger partial charge on any atom is -0.386 e. The van der Waals surface area contributed by atoms with Crippen LogP contribution >= 0.6 is 0 Å². The van der Waals surface area contributed by atoms with E-state index in [1.807, 2.05) is 13.8 Å². The molecule has 1 heterocycles. The molecule has 0 atom stereocenters. The molecule has 2 aromatic rings. The molecule has 6 nitrogen and oxygen atoms in total. The number of hydrogen-bond acceptors (Lipinski definition) is 5. The van der Waals surface area contributed by atoms with Gasteiger partial charge in [-0.2, -0.15) is 8.42 Å². The Labute approximate surface area is 126 Å². The molecule has 1 aliphatic heterocycles. The summed E-state index contributed by atoms with van der Waals surface area (Å²) in [4.78, 5) is 23.4. The molecule has 1 aliphatic rings. The fourth-order valence-electron chi connectivity index (χ4n) is 2.51. The Balaban J connectivity index is 2.49. The van der Waals surface area contributed by atoms with Gasteiger partial charge in [-0.3, -0.25) is 4.55 Å². The van der Waals surface area contributed by atoms with Crippen molar-refractivity contribution in [1.29, 1.82) is 0 Å². The summed E-state index contributed by atoms with van der Waals surface area (Å²) in [5.41, 5.74) is 0.972. The molecule has 0 aliphatic carbocycles. The van der Waals surface area contributed by atoms with Gasteiger partial charge < -0.3 is 4.74 Å². The van der Waals surface area contributed by atoms with Gasteiger partial charge in [-0.1, -0.05) is 19.9 Å². The first-order valence-corrected chi connectivity index (χ1v) is 7.98. The number of hydrogen-bond donors (Lipinski definition) is 1. The summed E-state index contributed by atoms with van der Waals surface area (Å²) in [6, 6.07) is 5.60. The maximum Gasteiger partial charge on any atom is 0.346 e. The van der Waals surface area contributed by atoms with Crippen LogP contribution in [0.5, 0.6) is 0 Å². The van der Waals surface area contributed by atoms with Gasteiger partial charge in [0.15, 0.2) is 0 Å². The fourth-order valence-corrected chi connectivity index (χ4v) is 3.05. The molecule has 22 heavy (non-hydrogen) atoms. The summed E-state index contributed by atoms with van der Waals surface area (Å²) in [5, 5.41) is 0.745. The van der Waals surface area contributed by atoms with Gasteiger partial charge in [0, 0.05) is 5.39 Å². The maximum atomic E-state index is 11.9. The molecule has 3 rings (SSSR count). The smallest absolute Gasteiger partial charge is 0.346 e. The fraction of sp³-hybridized carbons (Fsp3) is 0.200. The van der Waals surface area contributed by atoms with E-state index >= 15 is 0 Å². The Morgan fingerprint density at radius 1 is 1.00 bits per heavy atom. The molecule has 0 aromatic heterocycles. The van der Waals surface area contributed by atoms with Crippen molar-refractivity contribution in [2.75, 3.05) is 0 Å². The van der Waals surface area contributed by atoms with E-state index in [4.69, 9.17) is 0 Å². The third-order valence-corrected chi connectivity index (χ3v) is 4.47. The van der Waals surface area contributed by atoms with E-state index in [9.17, 15) is 22.6 Å². The van der Waals surface area contributed by atoms with Crippen LogP contribution in [0.25, 0.3) is 10.8 Å². The van der Waals surface area contributed by atoms with Crippen molar-refractivity contribution >= 4 is 32.8 Å². The SMILES string of the molecule is CC(C)c1cc2c3c(cc(S(=O)(=O)O)cc3c1)C(=O)OC2=O. The quantitative estimate of drug-likeness (QED) is 0.519. The zero-order chi connectivity index (χ0) is 16.2. The van der Waals surface area contributed by atoms with Crippen molar-refractivity contribution in [1.82, 2.24) is 0 Å². The minimum atomic E-state index is -4.48. The molecule has 114 valence electrons.